The summed E-state index contributed by atoms with van der Waals surface area (Å²) in [5.41, 5.74) is 1.99. The van der Waals surface area contributed by atoms with E-state index in [0.717, 1.165) is 11.3 Å². The van der Waals surface area contributed by atoms with Crippen LogP contribution in [0.5, 0.6) is 5.75 Å². The number of ketones is 1. The Morgan fingerprint density at radius 2 is 2.00 bits per heavy atom. The third-order valence-corrected chi connectivity index (χ3v) is 3.05. The van der Waals surface area contributed by atoms with E-state index >= 15 is 0 Å². The Hall–Kier alpha value is -1.31. The fourth-order valence-electron chi connectivity index (χ4n) is 1.87. The molecule has 0 saturated carbocycles. The molecule has 0 amide bonds. The van der Waals surface area contributed by atoms with Crippen LogP contribution >= 0.6 is 0 Å². The van der Waals surface area contributed by atoms with Gasteiger partial charge in [0.05, 0.1) is 18.1 Å². The van der Waals surface area contributed by atoms with Gasteiger partial charge >= 0.3 is 0 Å². The molecule has 1 aromatic carbocycles. The highest BCUT2D eigenvalue weighted by molar-refractivity contribution is 6.01. The minimum absolute atomic E-state index is 0.0253. The SMILES string of the molecule is CC1COc2ccc(C(C)(C)C)cc2C1=O. The fourth-order valence-corrected chi connectivity index (χ4v) is 1.87. The molecular weight excluding hydrogens is 200 g/mol. The maximum absolute atomic E-state index is 12.0. The van der Waals surface area contributed by atoms with Gasteiger partial charge in [-0.2, -0.15) is 0 Å². The fraction of sp³-hybridized carbons (Fsp3) is 0.500. The van der Waals surface area contributed by atoms with E-state index in [1.54, 1.807) is 0 Å². The Bertz CT molecular complexity index is 427. The average molecular weight is 218 g/mol. The molecule has 2 heteroatoms. The van der Waals surface area contributed by atoms with Crippen LogP contribution in [0.4, 0.5) is 0 Å². The van der Waals surface area contributed by atoms with E-state index in [1.165, 1.54) is 5.56 Å². The minimum atomic E-state index is -0.0253. The van der Waals surface area contributed by atoms with Crippen molar-refractivity contribution >= 4 is 5.78 Å². The molecule has 1 aliphatic rings. The predicted octanol–water partition coefficient (Wildman–Crippen LogP) is 3.20. The number of benzene rings is 1. The van der Waals surface area contributed by atoms with E-state index in [9.17, 15) is 4.79 Å². The van der Waals surface area contributed by atoms with Crippen LogP contribution in [0.3, 0.4) is 0 Å². The van der Waals surface area contributed by atoms with Crippen molar-refractivity contribution in [3.63, 3.8) is 0 Å². The van der Waals surface area contributed by atoms with Crippen LogP contribution in [0.1, 0.15) is 43.6 Å². The van der Waals surface area contributed by atoms with Crippen LogP contribution < -0.4 is 4.74 Å². The standard InChI is InChI=1S/C14H18O2/c1-9-8-16-12-6-5-10(14(2,3)4)7-11(12)13(9)15/h5-7,9H,8H2,1-4H3. The highest BCUT2D eigenvalue weighted by Gasteiger charge is 2.27. The number of rotatable bonds is 0. The lowest BCUT2D eigenvalue weighted by molar-refractivity contribution is 0.0848. The van der Waals surface area contributed by atoms with Crippen LogP contribution in [0, 0.1) is 5.92 Å². The summed E-state index contributed by atoms with van der Waals surface area (Å²) in [5.74, 6) is 0.908. The van der Waals surface area contributed by atoms with Gasteiger partial charge in [-0.05, 0) is 23.1 Å². The summed E-state index contributed by atoms with van der Waals surface area (Å²) in [6.45, 7) is 8.85. The normalized spacial score (nSPS) is 20.2. The largest absolute Gasteiger partial charge is 0.492 e. The van der Waals surface area contributed by atoms with Crippen molar-refractivity contribution in [3.8, 4) is 5.75 Å². The predicted molar refractivity (Wildman–Crippen MR) is 64.1 cm³/mol. The van der Waals surface area contributed by atoms with E-state index in [4.69, 9.17) is 4.74 Å². The highest BCUT2D eigenvalue weighted by Crippen LogP contribution is 2.32. The topological polar surface area (TPSA) is 26.3 Å². The van der Waals surface area contributed by atoms with Gasteiger partial charge in [-0.3, -0.25) is 4.79 Å². The van der Waals surface area contributed by atoms with Crippen LogP contribution in [-0.4, -0.2) is 12.4 Å². The van der Waals surface area contributed by atoms with Crippen molar-refractivity contribution in [2.75, 3.05) is 6.61 Å². The first-order valence-corrected chi connectivity index (χ1v) is 5.71. The summed E-state index contributed by atoms with van der Waals surface area (Å²) >= 11 is 0. The number of hydrogen-bond acceptors (Lipinski definition) is 2. The molecule has 16 heavy (non-hydrogen) atoms. The molecule has 1 atom stereocenters. The molecular formula is C14H18O2. The molecule has 2 nitrogen and oxygen atoms in total. The number of hydrogen-bond donors (Lipinski definition) is 0. The van der Waals surface area contributed by atoms with Gasteiger partial charge in [0.25, 0.3) is 0 Å². The molecule has 1 aliphatic heterocycles. The van der Waals surface area contributed by atoms with Gasteiger partial charge in [0.15, 0.2) is 5.78 Å². The molecule has 0 aromatic heterocycles. The monoisotopic (exact) mass is 218 g/mol. The van der Waals surface area contributed by atoms with E-state index in [0.29, 0.717) is 6.61 Å². The third kappa shape index (κ3) is 1.84. The van der Waals surface area contributed by atoms with Crippen LogP contribution in [-0.2, 0) is 5.41 Å². The van der Waals surface area contributed by atoms with Crippen LogP contribution in [0.25, 0.3) is 0 Å². The van der Waals surface area contributed by atoms with Gasteiger partial charge < -0.3 is 4.74 Å². The Morgan fingerprint density at radius 1 is 1.31 bits per heavy atom. The Balaban J connectivity index is 2.49. The van der Waals surface area contributed by atoms with Crippen LogP contribution in [0.2, 0.25) is 0 Å². The Kier molecular flexibility index (Phi) is 2.53. The molecule has 0 aliphatic carbocycles. The average Bonchev–Trinajstić information content (AvgIpc) is 2.22. The first kappa shape index (κ1) is 11.2. The van der Waals surface area contributed by atoms with Crippen molar-refractivity contribution in [2.24, 2.45) is 5.92 Å². The molecule has 0 radical (unpaired) electrons. The minimum Gasteiger partial charge on any atom is -0.492 e. The summed E-state index contributed by atoms with van der Waals surface area (Å²) < 4.78 is 5.55. The van der Waals surface area contributed by atoms with Gasteiger partial charge in [-0.1, -0.05) is 33.8 Å². The molecule has 0 spiro atoms. The molecule has 86 valence electrons. The molecule has 1 heterocycles. The number of carbonyl (C=O) groups is 1. The molecule has 1 unspecified atom stereocenters. The number of carbonyl (C=O) groups excluding carboxylic acids is 1. The summed E-state index contributed by atoms with van der Waals surface area (Å²) in [6.07, 6.45) is 0. The molecule has 1 aromatic rings. The lowest BCUT2D eigenvalue weighted by Gasteiger charge is -2.25. The van der Waals surface area contributed by atoms with Crippen molar-refractivity contribution in [1.82, 2.24) is 0 Å². The van der Waals surface area contributed by atoms with Crippen molar-refractivity contribution < 1.29 is 9.53 Å². The van der Waals surface area contributed by atoms with Crippen LogP contribution in [0.15, 0.2) is 18.2 Å². The Morgan fingerprint density at radius 3 is 2.62 bits per heavy atom. The summed E-state index contributed by atoms with van der Waals surface area (Å²) in [6, 6.07) is 5.94. The molecule has 2 rings (SSSR count). The number of ether oxygens (including phenoxy) is 1. The second-order valence-electron chi connectivity index (χ2n) is 5.54. The first-order valence-electron chi connectivity index (χ1n) is 5.71. The lowest BCUT2D eigenvalue weighted by atomic mass is 9.84. The van der Waals surface area contributed by atoms with Crippen molar-refractivity contribution in [1.29, 1.82) is 0 Å². The summed E-state index contributed by atoms with van der Waals surface area (Å²) in [7, 11) is 0. The van der Waals surface area contributed by atoms with E-state index in [2.05, 4.69) is 20.8 Å². The van der Waals surface area contributed by atoms with E-state index in [-0.39, 0.29) is 17.1 Å². The molecule has 0 bridgehead atoms. The molecule has 0 saturated heterocycles. The lowest BCUT2D eigenvalue weighted by Crippen LogP contribution is -2.26. The van der Waals surface area contributed by atoms with Crippen molar-refractivity contribution in [2.45, 2.75) is 33.1 Å². The molecule has 0 fully saturated rings. The van der Waals surface area contributed by atoms with E-state index < -0.39 is 0 Å². The zero-order chi connectivity index (χ0) is 11.9. The summed E-state index contributed by atoms with van der Waals surface area (Å²) in [4.78, 5) is 12.0. The number of Topliss-reactive ketones (excluding diaryl/α,β-unsaturated/α-hetero) is 1. The second-order valence-corrected chi connectivity index (χ2v) is 5.54. The maximum atomic E-state index is 12.0. The second kappa shape index (κ2) is 3.62. The zero-order valence-corrected chi connectivity index (χ0v) is 10.3. The third-order valence-electron chi connectivity index (χ3n) is 3.05. The van der Waals surface area contributed by atoms with Gasteiger partial charge in [-0.15, -0.1) is 0 Å². The summed E-state index contributed by atoms with van der Waals surface area (Å²) in [5, 5.41) is 0. The van der Waals surface area contributed by atoms with E-state index in [1.807, 2.05) is 25.1 Å². The number of fused-ring (bicyclic) bond motifs is 1. The van der Waals surface area contributed by atoms with Gasteiger partial charge in [0.1, 0.15) is 5.75 Å². The quantitative estimate of drug-likeness (QED) is 0.668. The van der Waals surface area contributed by atoms with Gasteiger partial charge in [-0.25, -0.2) is 0 Å². The maximum Gasteiger partial charge on any atom is 0.172 e. The Labute approximate surface area is 96.6 Å². The smallest absolute Gasteiger partial charge is 0.172 e. The van der Waals surface area contributed by atoms with Gasteiger partial charge in [0.2, 0.25) is 0 Å². The molecule has 0 N–H and O–H groups in total. The first-order chi connectivity index (χ1) is 7.39. The van der Waals surface area contributed by atoms with Gasteiger partial charge in [0, 0.05) is 0 Å². The zero-order valence-electron chi connectivity index (χ0n) is 10.3. The highest BCUT2D eigenvalue weighted by atomic mass is 16.5. The van der Waals surface area contributed by atoms with Crippen molar-refractivity contribution in [3.05, 3.63) is 29.3 Å².